The third-order valence-corrected chi connectivity index (χ3v) is 6.26. The summed E-state index contributed by atoms with van der Waals surface area (Å²) in [5.41, 5.74) is 2.78. The highest BCUT2D eigenvalue weighted by Gasteiger charge is 2.27. The molecule has 0 aromatic heterocycles. The van der Waals surface area contributed by atoms with Crippen LogP contribution in [0, 0.1) is 0 Å². The van der Waals surface area contributed by atoms with Gasteiger partial charge in [-0.2, -0.15) is 0 Å². The lowest BCUT2D eigenvalue weighted by Gasteiger charge is -2.43. The molecule has 0 atom stereocenters. The van der Waals surface area contributed by atoms with E-state index in [-0.39, 0.29) is 0 Å². The number of benzene rings is 1. The van der Waals surface area contributed by atoms with Gasteiger partial charge in [0.05, 0.1) is 7.11 Å². The molecule has 0 unspecified atom stereocenters. The van der Waals surface area contributed by atoms with Crippen molar-refractivity contribution in [2.45, 2.75) is 44.6 Å². The van der Waals surface area contributed by atoms with Crippen molar-refractivity contribution in [2.75, 3.05) is 64.9 Å². The number of unbranched alkanes of at least 4 members (excludes halogenated alkanes) is 2. The largest absolute Gasteiger partial charge is 0.497 e. The van der Waals surface area contributed by atoms with Crippen LogP contribution in [-0.2, 0) is 6.42 Å². The number of methoxy groups -OCH3 is 1. The highest BCUT2D eigenvalue weighted by molar-refractivity contribution is 5.57. The number of nitrogens with zero attached hydrogens (tertiary/aromatic N) is 3. The molecule has 2 saturated heterocycles. The van der Waals surface area contributed by atoms with Crippen LogP contribution in [0.3, 0.4) is 0 Å². The lowest BCUT2D eigenvalue weighted by Crippen LogP contribution is -2.52. The number of hydrogen-bond donors (Lipinski definition) is 1. The maximum Gasteiger partial charge on any atom is 0.120 e. The molecule has 2 heterocycles. The Bertz CT molecular complexity index is 565. The monoisotopic (exact) mass is 375 g/mol. The second kappa shape index (κ2) is 10.3. The van der Waals surface area contributed by atoms with Gasteiger partial charge in [0.1, 0.15) is 5.75 Å². The lowest BCUT2D eigenvalue weighted by atomic mass is 9.99. The molecule has 0 radical (unpaired) electrons. The topological polar surface area (TPSA) is 39.2 Å². The van der Waals surface area contributed by atoms with Gasteiger partial charge in [-0.05, 0) is 50.8 Å². The maximum atomic E-state index is 9.01. The zero-order chi connectivity index (χ0) is 19.1. The minimum absolute atomic E-state index is 0.301. The first kappa shape index (κ1) is 20.4. The van der Waals surface area contributed by atoms with Crippen molar-refractivity contribution >= 4 is 5.69 Å². The van der Waals surface area contributed by atoms with Crippen LogP contribution in [-0.4, -0.2) is 81.0 Å². The zero-order valence-corrected chi connectivity index (χ0v) is 17.2. The molecular formula is C22H37N3O2. The molecule has 0 spiro atoms. The number of aryl methyl sites for hydroxylation is 1. The van der Waals surface area contributed by atoms with E-state index in [4.69, 9.17) is 9.84 Å². The maximum absolute atomic E-state index is 9.01. The van der Waals surface area contributed by atoms with Gasteiger partial charge in [0.25, 0.3) is 0 Å². The summed E-state index contributed by atoms with van der Waals surface area (Å²) >= 11 is 0. The van der Waals surface area contributed by atoms with Gasteiger partial charge in [-0.15, -0.1) is 0 Å². The summed E-state index contributed by atoms with van der Waals surface area (Å²) in [6.45, 7) is 7.41. The minimum Gasteiger partial charge on any atom is -0.497 e. The van der Waals surface area contributed by atoms with E-state index in [1.54, 1.807) is 7.11 Å². The van der Waals surface area contributed by atoms with Gasteiger partial charge in [0.15, 0.2) is 0 Å². The van der Waals surface area contributed by atoms with Crippen LogP contribution in [0.2, 0.25) is 0 Å². The van der Waals surface area contributed by atoms with Gasteiger partial charge in [-0.3, -0.25) is 4.90 Å². The molecule has 5 heteroatoms. The normalized spacial score (nSPS) is 20.2. The van der Waals surface area contributed by atoms with Crippen molar-refractivity contribution < 1.29 is 9.84 Å². The van der Waals surface area contributed by atoms with E-state index in [1.165, 1.54) is 50.3 Å². The SMILES string of the molecule is COc1ccc(CCCCCO)c(N2CCC(N3CCN(C)CC3)CC2)c1. The standard InChI is InChI=1S/C22H37N3O2/c1-23-13-15-24(16-14-23)20-9-11-25(12-10-20)22-18-21(27-2)8-7-19(22)6-4-3-5-17-26/h7-8,18,20,26H,3-6,9-17H2,1-2H3. The van der Waals surface area contributed by atoms with E-state index in [0.717, 1.165) is 50.6 Å². The van der Waals surface area contributed by atoms with E-state index in [9.17, 15) is 0 Å². The first-order chi connectivity index (χ1) is 13.2. The molecular weight excluding hydrogens is 338 g/mol. The number of piperazine rings is 1. The van der Waals surface area contributed by atoms with Gasteiger partial charge in [-0.1, -0.05) is 12.5 Å². The van der Waals surface area contributed by atoms with Crippen molar-refractivity contribution in [1.82, 2.24) is 9.80 Å². The van der Waals surface area contributed by atoms with Crippen LogP contribution in [0.1, 0.15) is 37.7 Å². The number of piperidine rings is 1. The van der Waals surface area contributed by atoms with Gasteiger partial charge in [0.2, 0.25) is 0 Å². The van der Waals surface area contributed by atoms with Crippen molar-refractivity contribution in [3.05, 3.63) is 23.8 Å². The molecule has 1 aromatic rings. The van der Waals surface area contributed by atoms with Crippen LogP contribution in [0.5, 0.6) is 5.75 Å². The van der Waals surface area contributed by atoms with E-state index < -0.39 is 0 Å². The predicted octanol–water partition coefficient (Wildman–Crippen LogP) is 2.62. The molecule has 1 N–H and O–H groups in total. The quantitative estimate of drug-likeness (QED) is 0.707. The molecule has 5 nitrogen and oxygen atoms in total. The van der Waals surface area contributed by atoms with Crippen molar-refractivity contribution in [3.8, 4) is 5.75 Å². The van der Waals surface area contributed by atoms with Gasteiger partial charge < -0.3 is 19.6 Å². The number of anilines is 1. The summed E-state index contributed by atoms with van der Waals surface area (Å²) in [5, 5.41) is 9.01. The van der Waals surface area contributed by atoms with Crippen LogP contribution < -0.4 is 9.64 Å². The summed E-state index contributed by atoms with van der Waals surface area (Å²) < 4.78 is 5.50. The summed E-state index contributed by atoms with van der Waals surface area (Å²) in [7, 11) is 3.98. The second-order valence-corrected chi connectivity index (χ2v) is 8.09. The minimum atomic E-state index is 0.301. The first-order valence-corrected chi connectivity index (χ1v) is 10.7. The number of likely N-dealkylation sites (N-methyl/N-ethyl adjacent to an activating group) is 1. The average molecular weight is 376 g/mol. The molecule has 2 aliphatic rings. The fourth-order valence-electron chi connectivity index (χ4n) is 4.44. The summed E-state index contributed by atoms with van der Waals surface area (Å²) in [5.74, 6) is 0.949. The lowest BCUT2D eigenvalue weighted by molar-refractivity contribution is 0.0982. The second-order valence-electron chi connectivity index (χ2n) is 8.09. The predicted molar refractivity (Wildman–Crippen MR) is 112 cm³/mol. The smallest absolute Gasteiger partial charge is 0.120 e. The third-order valence-electron chi connectivity index (χ3n) is 6.26. The summed E-state index contributed by atoms with van der Waals surface area (Å²) in [6.07, 6.45) is 6.72. The van der Waals surface area contributed by atoms with E-state index in [2.05, 4.69) is 39.9 Å². The van der Waals surface area contributed by atoms with E-state index in [1.807, 2.05) is 0 Å². The van der Waals surface area contributed by atoms with E-state index in [0.29, 0.717) is 6.61 Å². The molecule has 152 valence electrons. The third kappa shape index (κ3) is 5.59. The van der Waals surface area contributed by atoms with Crippen molar-refractivity contribution in [2.24, 2.45) is 0 Å². The molecule has 0 aliphatic carbocycles. The number of hydrogen-bond acceptors (Lipinski definition) is 5. The molecule has 0 amide bonds. The highest BCUT2D eigenvalue weighted by Crippen LogP contribution is 2.31. The Morgan fingerprint density at radius 1 is 1.00 bits per heavy atom. The molecule has 27 heavy (non-hydrogen) atoms. The Kier molecular flexibility index (Phi) is 7.80. The van der Waals surface area contributed by atoms with Gasteiger partial charge in [0, 0.05) is 63.7 Å². The number of ether oxygens (including phenoxy) is 1. The van der Waals surface area contributed by atoms with Crippen molar-refractivity contribution in [3.63, 3.8) is 0 Å². The number of rotatable bonds is 8. The Labute approximate surface area is 164 Å². The Hall–Kier alpha value is -1.30. The number of aliphatic hydroxyl groups is 1. The Morgan fingerprint density at radius 2 is 1.74 bits per heavy atom. The molecule has 0 saturated carbocycles. The Balaban J connectivity index is 1.60. The molecule has 0 bridgehead atoms. The van der Waals surface area contributed by atoms with Gasteiger partial charge >= 0.3 is 0 Å². The molecule has 2 fully saturated rings. The van der Waals surface area contributed by atoms with Crippen LogP contribution in [0.15, 0.2) is 18.2 Å². The Morgan fingerprint density at radius 3 is 2.41 bits per heavy atom. The van der Waals surface area contributed by atoms with Crippen LogP contribution >= 0.6 is 0 Å². The molecule has 3 rings (SSSR count). The average Bonchev–Trinajstić information content (AvgIpc) is 2.72. The van der Waals surface area contributed by atoms with Crippen LogP contribution in [0.25, 0.3) is 0 Å². The summed E-state index contributed by atoms with van der Waals surface area (Å²) in [6, 6.07) is 7.28. The summed E-state index contributed by atoms with van der Waals surface area (Å²) in [4.78, 5) is 7.71. The number of aliphatic hydroxyl groups excluding tert-OH is 1. The molecule has 1 aromatic carbocycles. The fourth-order valence-corrected chi connectivity index (χ4v) is 4.44. The zero-order valence-electron chi connectivity index (χ0n) is 17.2. The first-order valence-electron chi connectivity index (χ1n) is 10.7. The van der Waals surface area contributed by atoms with Crippen LogP contribution in [0.4, 0.5) is 5.69 Å². The highest BCUT2D eigenvalue weighted by atomic mass is 16.5. The molecule has 2 aliphatic heterocycles. The fraction of sp³-hybridized carbons (Fsp3) is 0.727. The van der Waals surface area contributed by atoms with Gasteiger partial charge in [-0.25, -0.2) is 0 Å². The van der Waals surface area contributed by atoms with Crippen molar-refractivity contribution in [1.29, 1.82) is 0 Å². The van der Waals surface area contributed by atoms with E-state index >= 15 is 0 Å².